The summed E-state index contributed by atoms with van der Waals surface area (Å²) in [5, 5.41) is 14.7. The zero-order valence-electron chi connectivity index (χ0n) is 18.2. The molecule has 0 unspecified atom stereocenters. The predicted octanol–water partition coefficient (Wildman–Crippen LogP) is 6.02. The van der Waals surface area contributed by atoms with Crippen LogP contribution in [-0.2, 0) is 5.75 Å². The van der Waals surface area contributed by atoms with Gasteiger partial charge in [0.1, 0.15) is 17.8 Å². The summed E-state index contributed by atoms with van der Waals surface area (Å²) >= 11 is 3.30. The third kappa shape index (κ3) is 3.51. The van der Waals surface area contributed by atoms with Gasteiger partial charge in [-0.25, -0.2) is 19.5 Å². The van der Waals surface area contributed by atoms with Crippen LogP contribution in [0.5, 0.6) is 17.4 Å². The zero-order valence-corrected chi connectivity index (χ0v) is 19.8. The summed E-state index contributed by atoms with van der Waals surface area (Å²) in [4.78, 5) is 14.2. The van der Waals surface area contributed by atoms with Gasteiger partial charge in [0, 0.05) is 17.5 Å². The number of aromatic nitrogens is 5. The molecule has 0 spiro atoms. The zero-order chi connectivity index (χ0) is 23.4. The SMILES string of the molecule is Oc1ccc2c(c1)Oc1ncn3nc(CSc4nc5ccccc5s4)nc3c1[C@@H]2c1ccccc1. The van der Waals surface area contributed by atoms with Crippen LogP contribution in [0.15, 0.2) is 83.5 Å². The quantitative estimate of drug-likeness (QED) is 0.299. The summed E-state index contributed by atoms with van der Waals surface area (Å²) < 4.78 is 10.0. The Labute approximate surface area is 208 Å². The molecular weight excluding hydrogens is 478 g/mol. The lowest BCUT2D eigenvalue weighted by molar-refractivity contribution is 0.422. The minimum Gasteiger partial charge on any atom is -0.508 e. The number of fused-ring (bicyclic) bond motifs is 5. The Morgan fingerprint density at radius 1 is 1.00 bits per heavy atom. The molecule has 1 aliphatic heterocycles. The molecule has 3 aromatic heterocycles. The number of hydrogen-bond acceptors (Lipinski definition) is 8. The number of phenols is 1. The summed E-state index contributed by atoms with van der Waals surface area (Å²) in [6.45, 7) is 0. The molecule has 6 aromatic rings. The fraction of sp³-hybridized carbons (Fsp3) is 0.0769. The second kappa shape index (κ2) is 8.07. The van der Waals surface area contributed by atoms with Crippen molar-refractivity contribution in [3.8, 4) is 17.4 Å². The Kier molecular flexibility index (Phi) is 4.71. The number of ether oxygens (including phenoxy) is 1. The highest BCUT2D eigenvalue weighted by atomic mass is 32.2. The van der Waals surface area contributed by atoms with Crippen LogP contribution in [0.1, 0.15) is 28.4 Å². The number of thioether (sulfide) groups is 1. The second-order valence-electron chi connectivity index (χ2n) is 8.16. The lowest BCUT2D eigenvalue weighted by Crippen LogP contribution is -2.14. The van der Waals surface area contributed by atoms with Crippen LogP contribution in [0.25, 0.3) is 15.9 Å². The topological polar surface area (TPSA) is 85.4 Å². The maximum atomic E-state index is 10.0. The highest BCUT2D eigenvalue weighted by Crippen LogP contribution is 2.48. The smallest absolute Gasteiger partial charge is 0.228 e. The maximum absolute atomic E-state index is 10.0. The normalized spacial score (nSPS) is 14.6. The molecule has 7 rings (SSSR count). The summed E-state index contributed by atoms with van der Waals surface area (Å²) in [6.07, 6.45) is 1.63. The predicted molar refractivity (Wildman–Crippen MR) is 136 cm³/mol. The van der Waals surface area contributed by atoms with E-state index in [0.29, 0.717) is 28.9 Å². The molecule has 0 amide bonds. The molecule has 0 saturated carbocycles. The second-order valence-corrected chi connectivity index (χ2v) is 10.4. The summed E-state index contributed by atoms with van der Waals surface area (Å²) in [7, 11) is 0. The molecule has 0 aliphatic carbocycles. The van der Waals surface area contributed by atoms with E-state index in [0.717, 1.165) is 26.5 Å². The fourth-order valence-corrected chi connectivity index (χ4v) is 6.36. The first-order valence-corrected chi connectivity index (χ1v) is 12.8. The van der Waals surface area contributed by atoms with Crippen molar-refractivity contribution in [2.24, 2.45) is 0 Å². The van der Waals surface area contributed by atoms with Crippen molar-refractivity contribution in [2.45, 2.75) is 16.0 Å². The van der Waals surface area contributed by atoms with Gasteiger partial charge in [0.25, 0.3) is 0 Å². The highest BCUT2D eigenvalue weighted by molar-refractivity contribution is 8.00. The van der Waals surface area contributed by atoms with Crippen molar-refractivity contribution in [1.29, 1.82) is 0 Å². The summed E-state index contributed by atoms with van der Waals surface area (Å²) in [6, 6.07) is 23.5. The Morgan fingerprint density at radius 3 is 2.74 bits per heavy atom. The Bertz CT molecular complexity index is 1680. The van der Waals surface area contributed by atoms with E-state index in [4.69, 9.17) is 19.8 Å². The molecule has 0 saturated heterocycles. The van der Waals surface area contributed by atoms with Crippen molar-refractivity contribution in [3.05, 3.63) is 102 Å². The number of aromatic hydroxyl groups is 1. The lowest BCUT2D eigenvalue weighted by Gasteiger charge is -2.27. The van der Waals surface area contributed by atoms with Crippen LogP contribution in [-0.4, -0.2) is 29.7 Å². The molecule has 1 atom stereocenters. The van der Waals surface area contributed by atoms with Gasteiger partial charge in [-0.1, -0.05) is 60.3 Å². The largest absolute Gasteiger partial charge is 0.508 e. The number of para-hydroxylation sites is 1. The van der Waals surface area contributed by atoms with Crippen molar-refractivity contribution >= 4 is 39.0 Å². The Balaban J connectivity index is 1.30. The van der Waals surface area contributed by atoms with E-state index in [-0.39, 0.29) is 11.7 Å². The van der Waals surface area contributed by atoms with Crippen LogP contribution < -0.4 is 4.74 Å². The third-order valence-corrected chi connectivity index (χ3v) is 8.14. The van der Waals surface area contributed by atoms with Gasteiger partial charge in [0.15, 0.2) is 15.8 Å². The monoisotopic (exact) mass is 495 g/mol. The molecule has 35 heavy (non-hydrogen) atoms. The molecule has 3 aromatic carbocycles. The lowest BCUT2D eigenvalue weighted by atomic mass is 9.84. The molecule has 9 heteroatoms. The van der Waals surface area contributed by atoms with E-state index in [2.05, 4.69) is 23.2 Å². The van der Waals surface area contributed by atoms with E-state index in [9.17, 15) is 5.11 Å². The number of hydrogen-bond donors (Lipinski definition) is 1. The van der Waals surface area contributed by atoms with Crippen molar-refractivity contribution in [2.75, 3.05) is 0 Å². The molecule has 1 N–H and O–H groups in total. The van der Waals surface area contributed by atoms with Gasteiger partial charge in [-0.15, -0.1) is 16.4 Å². The summed E-state index contributed by atoms with van der Waals surface area (Å²) in [5.41, 5.74) is 4.62. The average molecular weight is 496 g/mol. The van der Waals surface area contributed by atoms with E-state index in [1.807, 2.05) is 42.5 Å². The highest BCUT2D eigenvalue weighted by Gasteiger charge is 2.33. The first-order chi connectivity index (χ1) is 17.2. The van der Waals surface area contributed by atoms with Gasteiger partial charge < -0.3 is 9.84 Å². The molecule has 0 radical (unpaired) electrons. The van der Waals surface area contributed by atoms with E-state index in [1.54, 1.807) is 46.1 Å². The van der Waals surface area contributed by atoms with E-state index < -0.39 is 0 Å². The van der Waals surface area contributed by atoms with Crippen LogP contribution in [0.4, 0.5) is 0 Å². The van der Waals surface area contributed by atoms with Crippen molar-refractivity contribution in [1.82, 2.24) is 24.6 Å². The third-order valence-electron chi connectivity index (χ3n) is 5.97. The molecule has 170 valence electrons. The minimum absolute atomic E-state index is 0.150. The molecular formula is C26H17N5O2S2. The number of thiazole rings is 1. The van der Waals surface area contributed by atoms with E-state index >= 15 is 0 Å². The van der Waals surface area contributed by atoms with Crippen LogP contribution in [0.3, 0.4) is 0 Å². The minimum atomic E-state index is -0.152. The molecule has 1 aliphatic rings. The van der Waals surface area contributed by atoms with Gasteiger partial charge in [-0.3, -0.25) is 0 Å². The standard InChI is InChI=1S/C26H17N5O2S2/c32-16-10-11-17-19(12-16)33-25-23(22(17)15-6-2-1-3-7-15)24-29-21(30-31(24)14-27-25)13-34-26-28-18-8-4-5-9-20(18)35-26/h1-12,14,22,32H,13H2/t22-/m1/s1. The van der Waals surface area contributed by atoms with Crippen LogP contribution >= 0.6 is 23.1 Å². The molecule has 0 fully saturated rings. The average Bonchev–Trinajstić information content (AvgIpc) is 3.50. The van der Waals surface area contributed by atoms with Gasteiger partial charge in [-0.05, 0) is 23.8 Å². The number of nitrogens with zero attached hydrogens (tertiary/aromatic N) is 5. The molecule has 0 bridgehead atoms. The summed E-state index contributed by atoms with van der Waals surface area (Å²) in [5.74, 6) is 2.36. The number of phenolic OH excluding ortho intramolecular Hbond substituents is 1. The van der Waals surface area contributed by atoms with Gasteiger partial charge in [0.2, 0.25) is 5.88 Å². The van der Waals surface area contributed by atoms with Gasteiger partial charge in [-0.2, -0.15) is 0 Å². The first-order valence-electron chi connectivity index (χ1n) is 11.0. The maximum Gasteiger partial charge on any atom is 0.228 e. The number of rotatable bonds is 4. The van der Waals surface area contributed by atoms with Gasteiger partial charge in [0.05, 0.1) is 21.5 Å². The van der Waals surface area contributed by atoms with Crippen LogP contribution in [0.2, 0.25) is 0 Å². The fourth-order valence-electron chi connectivity index (χ4n) is 4.44. The Morgan fingerprint density at radius 2 is 1.86 bits per heavy atom. The molecule has 7 nitrogen and oxygen atoms in total. The number of benzene rings is 3. The van der Waals surface area contributed by atoms with Crippen molar-refractivity contribution < 1.29 is 9.84 Å². The van der Waals surface area contributed by atoms with Gasteiger partial charge >= 0.3 is 0 Å². The first kappa shape index (κ1) is 20.4. The van der Waals surface area contributed by atoms with Crippen molar-refractivity contribution in [3.63, 3.8) is 0 Å². The van der Waals surface area contributed by atoms with E-state index in [1.165, 1.54) is 4.70 Å². The van der Waals surface area contributed by atoms with Crippen LogP contribution in [0, 0.1) is 0 Å². The molecule has 4 heterocycles. The Hall–Kier alpha value is -3.95.